The van der Waals surface area contributed by atoms with Gasteiger partial charge >= 0.3 is 5.97 Å². The van der Waals surface area contributed by atoms with Crippen molar-refractivity contribution in [1.82, 2.24) is 14.8 Å². The molecule has 0 saturated heterocycles. The number of hydrogen-bond acceptors (Lipinski definition) is 6. The normalized spacial score (nSPS) is 10.8. The zero-order valence-corrected chi connectivity index (χ0v) is 15.8. The van der Waals surface area contributed by atoms with Crippen LogP contribution in [0.5, 0.6) is 0 Å². The molecule has 0 amide bonds. The second kappa shape index (κ2) is 8.31. The molecule has 7 heteroatoms. The Morgan fingerprint density at radius 2 is 2.08 bits per heavy atom. The van der Waals surface area contributed by atoms with Crippen LogP contribution in [0.4, 0.5) is 0 Å². The van der Waals surface area contributed by atoms with Gasteiger partial charge in [-0.15, -0.1) is 21.5 Å². The number of benzene rings is 1. The van der Waals surface area contributed by atoms with Gasteiger partial charge in [0.15, 0.2) is 11.0 Å². The lowest BCUT2D eigenvalue weighted by atomic mass is 10.1. The molecular weight excluding hydrogens is 354 g/mol. The van der Waals surface area contributed by atoms with Crippen molar-refractivity contribution >= 4 is 29.1 Å². The summed E-state index contributed by atoms with van der Waals surface area (Å²) in [7, 11) is 0. The van der Waals surface area contributed by atoms with Gasteiger partial charge in [0.1, 0.15) is 6.61 Å². The van der Waals surface area contributed by atoms with Crippen molar-refractivity contribution in [3.63, 3.8) is 0 Å². The topological polar surface area (TPSA) is 57.0 Å². The van der Waals surface area contributed by atoms with Gasteiger partial charge in [-0.1, -0.05) is 42.1 Å². The summed E-state index contributed by atoms with van der Waals surface area (Å²) < 4.78 is 7.39. The van der Waals surface area contributed by atoms with Gasteiger partial charge in [0.25, 0.3) is 0 Å². The molecule has 0 N–H and O–H groups in total. The third kappa shape index (κ3) is 4.29. The number of ether oxygens (including phenoxy) is 1. The Labute approximate surface area is 155 Å². The maximum absolute atomic E-state index is 12.0. The number of carbonyl (C=O) groups excluding carboxylic acids is 1. The van der Waals surface area contributed by atoms with Gasteiger partial charge in [-0.3, -0.25) is 4.79 Å². The molecule has 2 aromatic heterocycles. The van der Waals surface area contributed by atoms with E-state index in [4.69, 9.17) is 4.74 Å². The minimum Gasteiger partial charge on any atom is -0.460 e. The van der Waals surface area contributed by atoms with Crippen LogP contribution in [0.1, 0.15) is 18.1 Å². The largest absolute Gasteiger partial charge is 0.460 e. The van der Waals surface area contributed by atoms with Crippen molar-refractivity contribution in [2.24, 2.45) is 0 Å². The summed E-state index contributed by atoms with van der Waals surface area (Å²) in [6.45, 7) is 5.10. The van der Waals surface area contributed by atoms with Gasteiger partial charge in [-0.2, -0.15) is 0 Å². The minimum atomic E-state index is -0.253. The van der Waals surface area contributed by atoms with Gasteiger partial charge in [0, 0.05) is 6.54 Å². The fraction of sp³-hybridized carbons (Fsp3) is 0.278. The number of aromatic nitrogens is 3. The standard InChI is InChI=1S/C18H19N3O2S2/c1-3-21-17(15-9-6-10-24-15)19-20-18(21)25-12-16(22)23-11-14-8-5-4-7-13(14)2/h4-10H,3,11-12H2,1-2H3. The summed E-state index contributed by atoms with van der Waals surface area (Å²) in [6, 6.07) is 11.9. The number of aryl methyl sites for hydroxylation is 1. The van der Waals surface area contributed by atoms with E-state index in [0.29, 0.717) is 6.61 Å². The number of thioether (sulfide) groups is 1. The van der Waals surface area contributed by atoms with E-state index >= 15 is 0 Å². The first kappa shape index (κ1) is 17.7. The Morgan fingerprint density at radius 1 is 1.24 bits per heavy atom. The first-order valence-corrected chi connectivity index (χ1v) is 9.85. The molecule has 0 atom stereocenters. The van der Waals surface area contributed by atoms with Crippen LogP contribution in [0.3, 0.4) is 0 Å². The summed E-state index contributed by atoms with van der Waals surface area (Å²) in [6.07, 6.45) is 0. The van der Waals surface area contributed by atoms with Crippen LogP contribution in [0.25, 0.3) is 10.7 Å². The lowest BCUT2D eigenvalue weighted by Crippen LogP contribution is -2.09. The lowest BCUT2D eigenvalue weighted by molar-refractivity contribution is -0.141. The van der Waals surface area contributed by atoms with E-state index < -0.39 is 0 Å². The number of carbonyl (C=O) groups is 1. The number of thiophene rings is 1. The van der Waals surface area contributed by atoms with E-state index in [1.165, 1.54) is 11.8 Å². The molecule has 0 bridgehead atoms. The van der Waals surface area contributed by atoms with Crippen LogP contribution < -0.4 is 0 Å². The first-order chi connectivity index (χ1) is 12.2. The monoisotopic (exact) mass is 373 g/mol. The zero-order valence-electron chi connectivity index (χ0n) is 14.1. The Kier molecular flexibility index (Phi) is 5.88. The molecule has 0 spiro atoms. The van der Waals surface area contributed by atoms with E-state index in [9.17, 15) is 4.79 Å². The minimum absolute atomic E-state index is 0.217. The number of esters is 1. The maximum Gasteiger partial charge on any atom is 0.316 e. The second-order valence-electron chi connectivity index (χ2n) is 5.40. The molecule has 1 aromatic carbocycles. The molecule has 0 fully saturated rings. The van der Waals surface area contributed by atoms with Crippen LogP contribution in [-0.4, -0.2) is 26.5 Å². The molecule has 0 radical (unpaired) electrons. The Balaban J connectivity index is 1.58. The third-order valence-electron chi connectivity index (χ3n) is 3.74. The lowest BCUT2D eigenvalue weighted by Gasteiger charge is -2.08. The molecule has 0 aliphatic heterocycles. The quantitative estimate of drug-likeness (QED) is 0.459. The highest BCUT2D eigenvalue weighted by atomic mass is 32.2. The van der Waals surface area contributed by atoms with Gasteiger partial charge in [-0.05, 0) is 36.4 Å². The predicted molar refractivity (Wildman–Crippen MR) is 101 cm³/mol. The number of hydrogen-bond donors (Lipinski definition) is 0. The third-order valence-corrected chi connectivity index (χ3v) is 5.55. The highest BCUT2D eigenvalue weighted by Crippen LogP contribution is 2.27. The Hall–Kier alpha value is -2.12. The van der Waals surface area contributed by atoms with Gasteiger partial charge < -0.3 is 9.30 Å². The molecular formula is C18H19N3O2S2. The van der Waals surface area contributed by atoms with Crippen molar-refractivity contribution in [3.05, 3.63) is 52.9 Å². The maximum atomic E-state index is 12.0. The van der Waals surface area contributed by atoms with E-state index in [-0.39, 0.29) is 11.7 Å². The van der Waals surface area contributed by atoms with Crippen LogP contribution in [-0.2, 0) is 22.7 Å². The first-order valence-electron chi connectivity index (χ1n) is 7.99. The van der Waals surface area contributed by atoms with Gasteiger partial charge in [-0.25, -0.2) is 0 Å². The highest BCUT2D eigenvalue weighted by molar-refractivity contribution is 7.99. The molecule has 0 unspecified atom stereocenters. The van der Waals surface area contributed by atoms with Gasteiger partial charge in [0.2, 0.25) is 0 Å². The zero-order chi connectivity index (χ0) is 17.6. The van der Waals surface area contributed by atoms with E-state index in [1.54, 1.807) is 11.3 Å². The molecule has 0 aliphatic rings. The average Bonchev–Trinajstić information content (AvgIpc) is 3.28. The average molecular weight is 374 g/mol. The summed E-state index contributed by atoms with van der Waals surface area (Å²) in [4.78, 5) is 13.1. The summed E-state index contributed by atoms with van der Waals surface area (Å²) in [5, 5.41) is 11.2. The second-order valence-corrected chi connectivity index (χ2v) is 7.29. The van der Waals surface area contributed by atoms with E-state index in [2.05, 4.69) is 10.2 Å². The highest BCUT2D eigenvalue weighted by Gasteiger charge is 2.15. The fourth-order valence-electron chi connectivity index (χ4n) is 2.36. The van der Waals surface area contributed by atoms with Gasteiger partial charge in [0.05, 0.1) is 10.6 Å². The molecule has 3 rings (SSSR count). The summed E-state index contributed by atoms with van der Waals surface area (Å²) in [5.74, 6) is 0.805. The van der Waals surface area contributed by atoms with Crippen molar-refractivity contribution in [2.45, 2.75) is 32.2 Å². The molecule has 2 heterocycles. The van der Waals surface area contributed by atoms with E-state index in [0.717, 1.165) is 33.5 Å². The fourth-order valence-corrected chi connectivity index (χ4v) is 3.88. The van der Waals surface area contributed by atoms with Crippen LogP contribution in [0.2, 0.25) is 0 Å². The number of nitrogens with zero attached hydrogens (tertiary/aromatic N) is 3. The van der Waals surface area contributed by atoms with Crippen molar-refractivity contribution in [2.75, 3.05) is 5.75 Å². The van der Waals surface area contributed by atoms with Crippen molar-refractivity contribution < 1.29 is 9.53 Å². The van der Waals surface area contributed by atoms with Crippen LogP contribution in [0, 0.1) is 6.92 Å². The molecule has 130 valence electrons. The smallest absolute Gasteiger partial charge is 0.316 e. The SMILES string of the molecule is CCn1c(SCC(=O)OCc2ccccc2C)nnc1-c1cccs1. The van der Waals surface area contributed by atoms with E-state index in [1.807, 2.05) is 60.2 Å². The van der Waals surface area contributed by atoms with Crippen molar-refractivity contribution in [1.29, 1.82) is 0 Å². The van der Waals surface area contributed by atoms with Crippen LogP contribution in [0.15, 0.2) is 46.9 Å². The summed E-state index contributed by atoms with van der Waals surface area (Å²) in [5.41, 5.74) is 2.15. The number of rotatable bonds is 7. The molecule has 3 aromatic rings. The molecule has 0 aliphatic carbocycles. The molecule has 5 nitrogen and oxygen atoms in total. The molecule has 25 heavy (non-hydrogen) atoms. The Bertz CT molecular complexity index is 844. The van der Waals surface area contributed by atoms with Crippen LogP contribution >= 0.6 is 23.1 Å². The molecule has 0 saturated carbocycles. The van der Waals surface area contributed by atoms with Crippen molar-refractivity contribution in [3.8, 4) is 10.7 Å². The summed E-state index contributed by atoms with van der Waals surface area (Å²) >= 11 is 2.98. The predicted octanol–water partition coefficient (Wildman–Crippen LogP) is 4.17. The Morgan fingerprint density at radius 3 is 2.80 bits per heavy atom.